The summed E-state index contributed by atoms with van der Waals surface area (Å²) in [5, 5.41) is 0. The van der Waals surface area contributed by atoms with Crippen molar-refractivity contribution in [2.24, 2.45) is 10.8 Å². The van der Waals surface area contributed by atoms with Crippen molar-refractivity contribution in [3.05, 3.63) is 107 Å². The van der Waals surface area contributed by atoms with Crippen LogP contribution in [0.3, 0.4) is 0 Å². The lowest BCUT2D eigenvalue weighted by Crippen LogP contribution is -2.45. The van der Waals surface area contributed by atoms with Gasteiger partial charge in [-0.2, -0.15) is 0 Å². The summed E-state index contributed by atoms with van der Waals surface area (Å²) in [6.07, 6.45) is 1.94. The van der Waals surface area contributed by atoms with Crippen molar-refractivity contribution in [3.8, 4) is 34.1 Å². The van der Waals surface area contributed by atoms with Crippen LogP contribution in [0.1, 0.15) is 72.4 Å². The summed E-state index contributed by atoms with van der Waals surface area (Å²) in [6, 6.07) is 18.5. The van der Waals surface area contributed by atoms with Gasteiger partial charge >= 0.3 is 11.9 Å². The highest BCUT2D eigenvalue weighted by Gasteiger charge is 2.39. The lowest BCUT2D eigenvalue weighted by atomic mass is 9.82. The molecule has 0 aromatic heterocycles. The molecule has 0 saturated carbocycles. The summed E-state index contributed by atoms with van der Waals surface area (Å²) in [5.74, 6) is -2.19. The Morgan fingerprint density at radius 3 is 1.33 bits per heavy atom. The smallest absolute Gasteiger partial charge is 0.346 e. The van der Waals surface area contributed by atoms with Crippen LogP contribution < -0.4 is 18.9 Å². The van der Waals surface area contributed by atoms with E-state index >= 15 is 8.78 Å². The van der Waals surface area contributed by atoms with Crippen LogP contribution in [0.15, 0.2) is 72.8 Å². The van der Waals surface area contributed by atoms with Crippen LogP contribution >= 0.6 is 0 Å². The number of halogens is 2. The predicted molar refractivity (Wildman–Crippen MR) is 206 cm³/mol. The predicted octanol–water partition coefficient (Wildman–Crippen LogP) is 8.35. The fourth-order valence-electron chi connectivity index (χ4n) is 7.22. The maximum Gasteiger partial charge on any atom is 0.346 e. The summed E-state index contributed by atoms with van der Waals surface area (Å²) >= 11 is 0. The first-order chi connectivity index (χ1) is 27.4. The Balaban J connectivity index is 0.924. The number of benzene rings is 4. The van der Waals surface area contributed by atoms with Gasteiger partial charge in [0.1, 0.15) is 47.8 Å². The molecule has 4 aromatic carbocycles. The number of hydrogen-bond donors (Lipinski definition) is 0. The van der Waals surface area contributed by atoms with Crippen molar-refractivity contribution in [2.75, 3.05) is 66.1 Å². The van der Waals surface area contributed by atoms with Crippen molar-refractivity contribution in [1.82, 2.24) is 0 Å². The average Bonchev–Trinajstić information content (AvgIpc) is 3.38. The van der Waals surface area contributed by atoms with Crippen LogP contribution in [0.4, 0.5) is 8.78 Å². The van der Waals surface area contributed by atoms with Gasteiger partial charge < -0.3 is 37.9 Å². The molecule has 2 saturated heterocycles. The second kappa shape index (κ2) is 16.9. The highest BCUT2D eigenvalue weighted by molar-refractivity contribution is 5.93. The molecule has 0 bridgehead atoms. The molecule has 2 heterocycles. The average molecular weight is 787 g/mol. The van der Waals surface area contributed by atoms with E-state index in [1.54, 1.807) is 24.3 Å². The van der Waals surface area contributed by atoms with Crippen LogP contribution in [0.25, 0.3) is 11.1 Å². The van der Waals surface area contributed by atoms with Gasteiger partial charge in [-0.15, -0.1) is 0 Å². The van der Waals surface area contributed by atoms with E-state index in [1.807, 2.05) is 26.0 Å². The number of fused-ring (bicyclic) bond motifs is 3. The molecule has 12 heteroatoms. The summed E-state index contributed by atoms with van der Waals surface area (Å²) in [5.41, 5.74) is 2.63. The van der Waals surface area contributed by atoms with E-state index in [2.05, 4.69) is 13.8 Å². The van der Waals surface area contributed by atoms with Crippen LogP contribution in [0.5, 0.6) is 23.0 Å². The van der Waals surface area contributed by atoms with Crippen molar-refractivity contribution >= 4 is 11.9 Å². The molecule has 0 amide bonds. The Morgan fingerprint density at radius 1 is 0.579 bits per heavy atom. The van der Waals surface area contributed by atoms with Crippen LogP contribution in [0.2, 0.25) is 0 Å². The van der Waals surface area contributed by atoms with E-state index in [9.17, 15) is 9.59 Å². The molecule has 3 aliphatic rings. The molecule has 302 valence electrons. The Bertz CT molecular complexity index is 1950. The Morgan fingerprint density at radius 2 is 0.982 bits per heavy atom. The molecule has 0 radical (unpaired) electrons. The maximum absolute atomic E-state index is 15.1. The topological polar surface area (TPSA) is 108 Å². The molecule has 1 aliphatic carbocycles. The van der Waals surface area contributed by atoms with Gasteiger partial charge in [0.25, 0.3) is 0 Å². The zero-order chi connectivity index (χ0) is 40.2. The molecule has 0 atom stereocenters. The molecule has 4 aromatic rings. The SMILES string of the molecule is CCC1(COCCOc2ccc(C(=O)Oc3ccc4c(c3)C(C)(C)c3cc(OC(=O)c5ccc(OCCOCC6(CC)COC6)cc5F)ccc3-4)c(F)c2)COC1. The largest absolute Gasteiger partial charge is 0.491 e. The molecule has 2 fully saturated rings. The summed E-state index contributed by atoms with van der Waals surface area (Å²) in [7, 11) is 0. The molecule has 7 rings (SSSR count). The normalized spacial score (nSPS) is 16.7. The third-order valence-electron chi connectivity index (χ3n) is 11.3. The van der Waals surface area contributed by atoms with Gasteiger partial charge in [-0.05, 0) is 83.6 Å². The first kappa shape index (κ1) is 40.3. The molecule has 0 N–H and O–H groups in total. The fourth-order valence-corrected chi connectivity index (χ4v) is 7.22. The molecule has 57 heavy (non-hydrogen) atoms. The highest BCUT2D eigenvalue weighted by Crippen LogP contribution is 2.50. The van der Waals surface area contributed by atoms with Gasteiger partial charge in [0.05, 0.1) is 64.0 Å². The Labute approximate surface area is 331 Å². The maximum atomic E-state index is 15.1. The molecular weight excluding hydrogens is 738 g/mol. The Hall–Kier alpha value is -4.88. The monoisotopic (exact) mass is 786 g/mol. The number of rotatable bonds is 18. The van der Waals surface area contributed by atoms with Gasteiger partial charge in [-0.3, -0.25) is 0 Å². The van der Waals surface area contributed by atoms with Crippen LogP contribution in [0, 0.1) is 22.5 Å². The van der Waals surface area contributed by atoms with Crippen molar-refractivity contribution in [1.29, 1.82) is 0 Å². The standard InChI is InChI=1S/C45H48F2O10/c1-5-44(25-52-26-44)23-50-15-17-54-29-7-13-35(39(46)21-29)41(48)56-31-9-11-33-34-12-10-32(20-38(34)43(3,4)37(33)19-31)57-42(49)36-14-8-30(22-40(36)47)55-18-16-51-24-45(6-2)27-53-28-45/h7-14,19-22H,5-6,15-18,23-28H2,1-4H3. The number of carbonyl (C=O) groups is 2. The molecular formula is C45H48F2O10. The van der Waals surface area contributed by atoms with E-state index in [4.69, 9.17) is 37.9 Å². The van der Waals surface area contributed by atoms with Crippen molar-refractivity contribution in [3.63, 3.8) is 0 Å². The van der Waals surface area contributed by atoms with E-state index in [0.29, 0.717) is 52.9 Å². The van der Waals surface area contributed by atoms with Crippen LogP contribution in [-0.4, -0.2) is 78.0 Å². The third kappa shape index (κ3) is 8.69. The van der Waals surface area contributed by atoms with Gasteiger partial charge in [0, 0.05) is 28.4 Å². The summed E-state index contributed by atoms with van der Waals surface area (Å²) < 4.78 is 74.7. The lowest BCUT2D eigenvalue weighted by molar-refractivity contribution is -0.151. The minimum atomic E-state index is -0.849. The fraction of sp³-hybridized carbons (Fsp3) is 0.422. The van der Waals surface area contributed by atoms with Crippen LogP contribution in [-0.2, 0) is 24.4 Å². The number of hydrogen-bond acceptors (Lipinski definition) is 10. The second-order valence-electron chi connectivity index (χ2n) is 15.6. The first-order valence-corrected chi connectivity index (χ1v) is 19.3. The van der Waals surface area contributed by atoms with E-state index in [0.717, 1.165) is 47.2 Å². The first-order valence-electron chi connectivity index (χ1n) is 19.3. The zero-order valence-corrected chi connectivity index (χ0v) is 32.8. The number of ether oxygens (including phenoxy) is 8. The van der Waals surface area contributed by atoms with Gasteiger partial charge in [-0.25, -0.2) is 18.4 Å². The quantitative estimate of drug-likeness (QED) is 0.0555. The third-order valence-corrected chi connectivity index (χ3v) is 11.3. The number of esters is 2. The Kier molecular flexibility index (Phi) is 12.0. The lowest BCUT2D eigenvalue weighted by Gasteiger charge is -2.40. The second-order valence-corrected chi connectivity index (χ2v) is 15.6. The van der Waals surface area contributed by atoms with Gasteiger partial charge in [0.15, 0.2) is 0 Å². The number of carbonyl (C=O) groups excluding carboxylic acids is 2. The van der Waals surface area contributed by atoms with E-state index < -0.39 is 29.0 Å². The minimum absolute atomic E-state index is 0.0717. The molecule has 0 unspecified atom stereocenters. The summed E-state index contributed by atoms with van der Waals surface area (Å²) in [4.78, 5) is 26.2. The molecule has 0 spiro atoms. The van der Waals surface area contributed by atoms with E-state index in [1.165, 1.54) is 24.3 Å². The minimum Gasteiger partial charge on any atom is -0.491 e. The van der Waals surface area contributed by atoms with Gasteiger partial charge in [-0.1, -0.05) is 39.8 Å². The molecule has 2 aliphatic heterocycles. The zero-order valence-electron chi connectivity index (χ0n) is 32.8. The van der Waals surface area contributed by atoms with E-state index in [-0.39, 0.29) is 58.2 Å². The molecule has 10 nitrogen and oxygen atoms in total. The van der Waals surface area contributed by atoms with Crippen molar-refractivity contribution < 1.29 is 56.3 Å². The van der Waals surface area contributed by atoms with Crippen molar-refractivity contribution in [2.45, 2.75) is 46.0 Å². The highest BCUT2D eigenvalue weighted by atomic mass is 19.1. The summed E-state index contributed by atoms with van der Waals surface area (Å²) in [6.45, 7) is 13.3. The van der Waals surface area contributed by atoms with Gasteiger partial charge in [0.2, 0.25) is 0 Å².